The summed E-state index contributed by atoms with van der Waals surface area (Å²) in [4.78, 5) is 13.8. The fraction of sp³-hybridized carbons (Fsp3) is 0.900. The molecule has 0 bridgehead atoms. The molecule has 1 fully saturated rings. The van der Waals surface area contributed by atoms with Crippen molar-refractivity contribution in [2.24, 2.45) is 11.1 Å². The quantitative estimate of drug-likeness (QED) is 0.709. The van der Waals surface area contributed by atoms with Crippen LogP contribution in [0.15, 0.2) is 0 Å². The van der Waals surface area contributed by atoms with Crippen molar-refractivity contribution in [1.82, 2.24) is 4.90 Å². The molecule has 4 heteroatoms. The molecular weight excluding hydrogens is 180 g/mol. The fourth-order valence-corrected chi connectivity index (χ4v) is 1.74. The summed E-state index contributed by atoms with van der Waals surface area (Å²) in [7, 11) is 1.64. The van der Waals surface area contributed by atoms with E-state index in [0.29, 0.717) is 13.2 Å². The number of amides is 1. The van der Waals surface area contributed by atoms with Crippen molar-refractivity contribution in [3.63, 3.8) is 0 Å². The van der Waals surface area contributed by atoms with E-state index in [9.17, 15) is 4.79 Å². The topological polar surface area (TPSA) is 55.6 Å². The van der Waals surface area contributed by atoms with Crippen molar-refractivity contribution < 1.29 is 9.53 Å². The fourth-order valence-electron chi connectivity index (χ4n) is 1.74. The minimum atomic E-state index is -0.425. The first-order valence-electron chi connectivity index (χ1n) is 5.04. The zero-order valence-electron chi connectivity index (χ0n) is 9.25. The Hall–Kier alpha value is -0.610. The summed E-state index contributed by atoms with van der Waals surface area (Å²) in [5, 5.41) is 0. The average Bonchev–Trinajstić information content (AvgIpc) is 2.14. The van der Waals surface area contributed by atoms with Crippen LogP contribution in [-0.2, 0) is 9.53 Å². The molecule has 0 aromatic carbocycles. The minimum absolute atomic E-state index is 0.0196. The number of ether oxygens (including phenoxy) is 1. The molecule has 2 N–H and O–H groups in total. The van der Waals surface area contributed by atoms with E-state index in [-0.39, 0.29) is 11.9 Å². The largest absolute Gasteiger partial charge is 0.383 e. The summed E-state index contributed by atoms with van der Waals surface area (Å²) >= 11 is 0. The average molecular weight is 200 g/mol. The number of hydrogen-bond acceptors (Lipinski definition) is 3. The van der Waals surface area contributed by atoms with Gasteiger partial charge in [0, 0.05) is 26.2 Å². The molecule has 0 aromatic heterocycles. The molecule has 0 radical (unpaired) electrons. The number of hydrogen-bond donors (Lipinski definition) is 1. The lowest BCUT2D eigenvalue weighted by Crippen LogP contribution is -2.56. The van der Waals surface area contributed by atoms with Gasteiger partial charge in [-0.15, -0.1) is 0 Å². The first kappa shape index (κ1) is 11.5. The number of carbonyl (C=O) groups is 1. The first-order valence-corrected chi connectivity index (χ1v) is 5.04. The van der Waals surface area contributed by atoms with Gasteiger partial charge in [0.2, 0.25) is 5.91 Å². The van der Waals surface area contributed by atoms with Crippen LogP contribution in [-0.4, -0.2) is 43.7 Å². The summed E-state index contributed by atoms with van der Waals surface area (Å²) in [6.45, 7) is 5.85. The van der Waals surface area contributed by atoms with Crippen LogP contribution in [0.3, 0.4) is 0 Å². The second kappa shape index (κ2) is 4.28. The van der Waals surface area contributed by atoms with Gasteiger partial charge in [0.05, 0.1) is 12.0 Å². The third kappa shape index (κ3) is 2.07. The predicted octanol–water partition coefficient (Wildman–Crippen LogP) is 0.219. The van der Waals surface area contributed by atoms with Gasteiger partial charge in [-0.1, -0.05) is 0 Å². The van der Waals surface area contributed by atoms with Crippen LogP contribution in [0.25, 0.3) is 0 Å². The number of nitrogens with zero attached hydrogens (tertiary/aromatic N) is 1. The maximum absolute atomic E-state index is 12.0. The van der Waals surface area contributed by atoms with Gasteiger partial charge in [-0.25, -0.2) is 0 Å². The van der Waals surface area contributed by atoms with Crippen LogP contribution in [0.2, 0.25) is 0 Å². The molecule has 1 atom stereocenters. The van der Waals surface area contributed by atoms with Crippen molar-refractivity contribution in [3.8, 4) is 0 Å². The number of rotatable bonds is 3. The molecule has 1 aliphatic heterocycles. The molecule has 1 aliphatic rings. The lowest BCUT2D eigenvalue weighted by atomic mass is 9.79. The Morgan fingerprint density at radius 2 is 2.29 bits per heavy atom. The Balaban J connectivity index is 2.61. The minimum Gasteiger partial charge on any atom is -0.383 e. The molecule has 0 spiro atoms. The van der Waals surface area contributed by atoms with Crippen LogP contribution in [0.5, 0.6) is 0 Å². The Kier molecular flexibility index (Phi) is 3.50. The number of likely N-dealkylation sites (tertiary alicyclic amines) is 1. The summed E-state index contributed by atoms with van der Waals surface area (Å²) in [6, 6.07) is -0.0196. The van der Waals surface area contributed by atoms with E-state index < -0.39 is 5.41 Å². The number of nitrogens with two attached hydrogens (primary N) is 1. The Morgan fingerprint density at radius 3 is 2.86 bits per heavy atom. The van der Waals surface area contributed by atoms with Gasteiger partial charge in [0.1, 0.15) is 0 Å². The third-order valence-corrected chi connectivity index (χ3v) is 3.04. The van der Waals surface area contributed by atoms with E-state index in [1.165, 1.54) is 0 Å². The highest BCUT2D eigenvalue weighted by atomic mass is 16.5. The molecule has 4 nitrogen and oxygen atoms in total. The zero-order chi connectivity index (χ0) is 10.8. The van der Waals surface area contributed by atoms with E-state index >= 15 is 0 Å². The van der Waals surface area contributed by atoms with E-state index in [2.05, 4.69) is 0 Å². The summed E-state index contributed by atoms with van der Waals surface area (Å²) in [5.41, 5.74) is 5.49. The summed E-state index contributed by atoms with van der Waals surface area (Å²) < 4.78 is 4.96. The Bertz CT molecular complexity index is 214. The monoisotopic (exact) mass is 200 g/mol. The molecule has 0 saturated carbocycles. The highest BCUT2D eigenvalue weighted by Crippen LogP contribution is 2.28. The smallest absolute Gasteiger partial charge is 0.229 e. The number of piperidine rings is 1. The van der Waals surface area contributed by atoms with Crippen LogP contribution in [0.4, 0.5) is 0 Å². The van der Waals surface area contributed by atoms with Crippen LogP contribution < -0.4 is 5.73 Å². The molecule has 1 rings (SSSR count). The van der Waals surface area contributed by atoms with Gasteiger partial charge in [-0.05, 0) is 20.3 Å². The summed E-state index contributed by atoms with van der Waals surface area (Å²) in [5.74, 6) is 0.147. The Labute approximate surface area is 85.4 Å². The molecule has 1 saturated heterocycles. The van der Waals surface area contributed by atoms with E-state index in [1.54, 1.807) is 7.11 Å². The third-order valence-electron chi connectivity index (χ3n) is 3.04. The van der Waals surface area contributed by atoms with Gasteiger partial charge in [-0.3, -0.25) is 4.79 Å². The SMILES string of the molecule is COCCN1CCC(N)C(C)(C)C1=O. The number of carbonyl (C=O) groups excluding carboxylic acids is 1. The van der Waals surface area contributed by atoms with E-state index in [1.807, 2.05) is 18.7 Å². The highest BCUT2D eigenvalue weighted by Gasteiger charge is 2.41. The van der Waals surface area contributed by atoms with Crippen molar-refractivity contribution in [3.05, 3.63) is 0 Å². The lowest BCUT2D eigenvalue weighted by Gasteiger charge is -2.41. The molecule has 0 aliphatic carbocycles. The van der Waals surface area contributed by atoms with E-state index in [4.69, 9.17) is 10.5 Å². The molecule has 1 amide bonds. The standard InChI is InChI=1S/C10H20N2O2/c1-10(2)8(11)4-5-12(9(10)13)6-7-14-3/h8H,4-7,11H2,1-3H3. The van der Waals surface area contributed by atoms with Gasteiger partial charge in [0.15, 0.2) is 0 Å². The maximum atomic E-state index is 12.0. The lowest BCUT2D eigenvalue weighted by molar-refractivity contribution is -0.146. The molecule has 0 aromatic rings. The maximum Gasteiger partial charge on any atom is 0.229 e. The molecular formula is C10H20N2O2. The second-order valence-corrected chi connectivity index (χ2v) is 4.40. The van der Waals surface area contributed by atoms with Crippen molar-refractivity contribution >= 4 is 5.91 Å². The molecule has 14 heavy (non-hydrogen) atoms. The molecule has 1 heterocycles. The Morgan fingerprint density at radius 1 is 1.64 bits per heavy atom. The van der Waals surface area contributed by atoms with Gasteiger partial charge < -0.3 is 15.4 Å². The predicted molar refractivity (Wildman–Crippen MR) is 54.8 cm³/mol. The zero-order valence-corrected chi connectivity index (χ0v) is 9.25. The van der Waals surface area contributed by atoms with Crippen molar-refractivity contribution in [2.75, 3.05) is 26.8 Å². The van der Waals surface area contributed by atoms with Crippen LogP contribution in [0.1, 0.15) is 20.3 Å². The first-order chi connectivity index (χ1) is 6.50. The van der Waals surface area contributed by atoms with Crippen molar-refractivity contribution in [2.45, 2.75) is 26.3 Å². The van der Waals surface area contributed by atoms with Gasteiger partial charge in [-0.2, -0.15) is 0 Å². The number of methoxy groups -OCH3 is 1. The van der Waals surface area contributed by atoms with Crippen molar-refractivity contribution in [1.29, 1.82) is 0 Å². The van der Waals surface area contributed by atoms with E-state index in [0.717, 1.165) is 13.0 Å². The van der Waals surface area contributed by atoms with Crippen LogP contribution >= 0.6 is 0 Å². The highest BCUT2D eigenvalue weighted by molar-refractivity contribution is 5.83. The molecule has 82 valence electrons. The van der Waals surface area contributed by atoms with Gasteiger partial charge in [0.25, 0.3) is 0 Å². The summed E-state index contributed by atoms with van der Waals surface area (Å²) in [6.07, 6.45) is 0.877. The van der Waals surface area contributed by atoms with Gasteiger partial charge >= 0.3 is 0 Å². The van der Waals surface area contributed by atoms with Crippen LogP contribution in [0, 0.1) is 5.41 Å². The molecule has 1 unspecified atom stereocenters. The second-order valence-electron chi connectivity index (χ2n) is 4.40. The normalized spacial score (nSPS) is 26.7.